The molecule has 1 atom stereocenters. The van der Waals surface area contributed by atoms with Gasteiger partial charge in [-0.1, -0.05) is 47.7 Å². The molecule has 3 aromatic rings. The van der Waals surface area contributed by atoms with Gasteiger partial charge in [0.05, 0.1) is 35.6 Å². The number of esters is 1. The zero-order valence-corrected chi connectivity index (χ0v) is 21.1. The molecule has 0 bridgehead atoms. The number of benzene rings is 2. The molecule has 0 N–H and O–H groups in total. The van der Waals surface area contributed by atoms with Crippen molar-refractivity contribution < 1.29 is 19.0 Å². The molecule has 35 heavy (non-hydrogen) atoms. The standard InChI is InChI=1S/C27H28N2O5S/c1-5-32-20-14-10-8-12-18(20)16-22-25(30)29-24(19-13-9-11-15-21(19)33-6-2)23(26(31)34-7-3)17(4)28-27(29)35-22/h8-16,24H,5-7H2,1-4H3/b22-16+/t24-/m1/s1. The van der Waals surface area contributed by atoms with Crippen molar-refractivity contribution in [2.45, 2.75) is 33.7 Å². The number of nitrogens with zero attached hydrogens (tertiary/aromatic N) is 2. The lowest BCUT2D eigenvalue weighted by Crippen LogP contribution is -2.40. The molecule has 8 heteroatoms. The summed E-state index contributed by atoms with van der Waals surface area (Å²) in [5.41, 5.74) is 2.10. The minimum atomic E-state index is -0.725. The molecule has 0 saturated carbocycles. The van der Waals surface area contributed by atoms with Crippen molar-refractivity contribution in [2.75, 3.05) is 19.8 Å². The first-order valence-corrected chi connectivity index (χ1v) is 12.4. The van der Waals surface area contributed by atoms with E-state index < -0.39 is 12.0 Å². The highest BCUT2D eigenvalue weighted by molar-refractivity contribution is 7.07. The fourth-order valence-electron chi connectivity index (χ4n) is 4.11. The van der Waals surface area contributed by atoms with Crippen LogP contribution in [0.5, 0.6) is 11.5 Å². The van der Waals surface area contributed by atoms with Gasteiger partial charge >= 0.3 is 5.97 Å². The summed E-state index contributed by atoms with van der Waals surface area (Å²) < 4.78 is 19.0. The first-order chi connectivity index (χ1) is 17.0. The van der Waals surface area contributed by atoms with Gasteiger partial charge in [-0.05, 0) is 45.9 Å². The second-order valence-corrected chi connectivity index (χ2v) is 8.75. The molecule has 0 unspecified atom stereocenters. The Labute approximate surface area is 207 Å². The van der Waals surface area contributed by atoms with E-state index in [-0.39, 0.29) is 12.2 Å². The van der Waals surface area contributed by atoms with Gasteiger partial charge in [-0.3, -0.25) is 9.36 Å². The first kappa shape index (κ1) is 24.5. The van der Waals surface area contributed by atoms with Crippen LogP contribution in [0.15, 0.2) is 69.6 Å². The van der Waals surface area contributed by atoms with Crippen molar-refractivity contribution in [3.8, 4) is 11.5 Å². The predicted octanol–water partition coefficient (Wildman–Crippen LogP) is 3.60. The number of thiazole rings is 1. The second-order valence-electron chi connectivity index (χ2n) is 7.74. The zero-order chi connectivity index (χ0) is 24.9. The van der Waals surface area contributed by atoms with Crippen LogP contribution in [0, 0.1) is 0 Å². The third-order valence-corrected chi connectivity index (χ3v) is 6.52. The number of hydrogen-bond acceptors (Lipinski definition) is 7. The zero-order valence-electron chi connectivity index (χ0n) is 20.2. The fraction of sp³-hybridized carbons (Fsp3) is 0.296. The van der Waals surface area contributed by atoms with Crippen LogP contribution in [0.4, 0.5) is 0 Å². The molecule has 2 heterocycles. The molecule has 0 amide bonds. The lowest BCUT2D eigenvalue weighted by Gasteiger charge is -2.26. The van der Waals surface area contributed by atoms with Crippen molar-refractivity contribution in [2.24, 2.45) is 4.99 Å². The van der Waals surface area contributed by atoms with E-state index in [9.17, 15) is 9.59 Å². The van der Waals surface area contributed by atoms with Crippen molar-refractivity contribution in [1.82, 2.24) is 4.57 Å². The molecule has 1 aliphatic heterocycles. The number of hydrogen-bond donors (Lipinski definition) is 0. The number of fused-ring (bicyclic) bond motifs is 1. The average molecular weight is 493 g/mol. The predicted molar refractivity (Wildman–Crippen MR) is 136 cm³/mol. The van der Waals surface area contributed by atoms with Gasteiger partial charge < -0.3 is 14.2 Å². The minimum absolute atomic E-state index is 0.216. The van der Waals surface area contributed by atoms with Crippen LogP contribution in [0.1, 0.15) is 44.9 Å². The molecule has 2 aromatic carbocycles. The molecule has 0 saturated heterocycles. The van der Waals surface area contributed by atoms with E-state index in [0.717, 1.165) is 5.56 Å². The van der Waals surface area contributed by atoms with E-state index in [1.807, 2.05) is 68.5 Å². The van der Waals surface area contributed by atoms with E-state index in [0.29, 0.717) is 50.9 Å². The largest absolute Gasteiger partial charge is 0.494 e. The summed E-state index contributed by atoms with van der Waals surface area (Å²) in [6, 6.07) is 14.3. The smallest absolute Gasteiger partial charge is 0.338 e. The summed E-state index contributed by atoms with van der Waals surface area (Å²) in [6.45, 7) is 8.51. The number of para-hydroxylation sites is 2. The Morgan fingerprint density at radius 3 is 2.37 bits per heavy atom. The van der Waals surface area contributed by atoms with Gasteiger partial charge in [-0.2, -0.15) is 0 Å². The van der Waals surface area contributed by atoms with Gasteiger partial charge in [0.25, 0.3) is 5.56 Å². The third kappa shape index (κ3) is 4.79. The van der Waals surface area contributed by atoms with Crippen LogP contribution < -0.4 is 24.4 Å². The van der Waals surface area contributed by atoms with E-state index >= 15 is 0 Å². The molecule has 1 aliphatic rings. The Kier molecular flexibility index (Phi) is 7.51. The lowest BCUT2D eigenvalue weighted by atomic mass is 9.95. The van der Waals surface area contributed by atoms with Crippen LogP contribution in [-0.4, -0.2) is 30.4 Å². The van der Waals surface area contributed by atoms with Gasteiger partial charge in [0.1, 0.15) is 17.5 Å². The summed E-state index contributed by atoms with van der Waals surface area (Å²) in [5.74, 6) is 0.802. The maximum Gasteiger partial charge on any atom is 0.338 e. The van der Waals surface area contributed by atoms with E-state index in [2.05, 4.69) is 4.99 Å². The summed E-state index contributed by atoms with van der Waals surface area (Å²) in [5, 5.41) is 0. The summed E-state index contributed by atoms with van der Waals surface area (Å²) in [4.78, 5) is 32.0. The molecular weight excluding hydrogens is 464 g/mol. The van der Waals surface area contributed by atoms with Gasteiger partial charge in [0.2, 0.25) is 0 Å². The number of carbonyl (C=O) groups excluding carboxylic acids is 1. The maximum atomic E-state index is 13.8. The molecule has 0 fully saturated rings. The number of allylic oxidation sites excluding steroid dienone is 1. The Hall–Kier alpha value is -3.65. The minimum Gasteiger partial charge on any atom is -0.494 e. The third-order valence-electron chi connectivity index (χ3n) is 5.54. The van der Waals surface area contributed by atoms with E-state index in [1.165, 1.54) is 11.3 Å². The number of aromatic nitrogens is 1. The van der Waals surface area contributed by atoms with E-state index in [1.54, 1.807) is 18.4 Å². The Bertz CT molecular complexity index is 1450. The molecule has 1 aromatic heterocycles. The summed E-state index contributed by atoms with van der Waals surface area (Å²) in [6.07, 6.45) is 1.81. The number of carbonyl (C=O) groups is 1. The Balaban J connectivity index is 1.98. The second kappa shape index (κ2) is 10.7. The van der Waals surface area contributed by atoms with Crippen LogP contribution >= 0.6 is 11.3 Å². The number of rotatable bonds is 8. The van der Waals surface area contributed by atoms with Gasteiger partial charge in [-0.25, -0.2) is 9.79 Å². The molecule has 0 spiro atoms. The quantitative estimate of drug-likeness (QED) is 0.449. The molecule has 4 rings (SSSR count). The van der Waals surface area contributed by atoms with Crippen LogP contribution in [-0.2, 0) is 9.53 Å². The lowest BCUT2D eigenvalue weighted by molar-refractivity contribution is -0.139. The van der Waals surface area contributed by atoms with Gasteiger partial charge in [0, 0.05) is 11.1 Å². The molecule has 7 nitrogen and oxygen atoms in total. The van der Waals surface area contributed by atoms with Crippen molar-refractivity contribution in [3.05, 3.63) is 90.6 Å². The van der Waals surface area contributed by atoms with Crippen LogP contribution in [0.3, 0.4) is 0 Å². The summed E-state index contributed by atoms with van der Waals surface area (Å²) >= 11 is 1.28. The SMILES string of the molecule is CCOC(=O)C1=C(C)N=c2s/c(=C/c3ccccc3OCC)c(=O)n2[C@@H]1c1ccccc1OCC. The first-order valence-electron chi connectivity index (χ1n) is 11.6. The molecule has 0 aliphatic carbocycles. The van der Waals surface area contributed by atoms with Crippen molar-refractivity contribution in [1.29, 1.82) is 0 Å². The molecule has 0 radical (unpaired) electrons. The highest BCUT2D eigenvalue weighted by Crippen LogP contribution is 2.35. The average Bonchev–Trinajstić information content (AvgIpc) is 3.15. The monoisotopic (exact) mass is 492 g/mol. The van der Waals surface area contributed by atoms with Crippen LogP contribution in [0.25, 0.3) is 6.08 Å². The highest BCUT2D eigenvalue weighted by Gasteiger charge is 2.35. The number of ether oxygens (including phenoxy) is 3. The van der Waals surface area contributed by atoms with Gasteiger partial charge in [0.15, 0.2) is 4.80 Å². The molecular formula is C27H28N2O5S. The molecule has 182 valence electrons. The Morgan fingerprint density at radius 1 is 1.00 bits per heavy atom. The fourth-order valence-corrected chi connectivity index (χ4v) is 5.14. The van der Waals surface area contributed by atoms with Crippen molar-refractivity contribution >= 4 is 23.4 Å². The topological polar surface area (TPSA) is 79.1 Å². The highest BCUT2D eigenvalue weighted by atomic mass is 32.1. The van der Waals surface area contributed by atoms with Gasteiger partial charge in [-0.15, -0.1) is 0 Å². The van der Waals surface area contributed by atoms with E-state index in [4.69, 9.17) is 14.2 Å². The van der Waals surface area contributed by atoms with Crippen LogP contribution in [0.2, 0.25) is 0 Å². The maximum absolute atomic E-state index is 13.8. The summed E-state index contributed by atoms with van der Waals surface area (Å²) in [7, 11) is 0. The normalized spacial score (nSPS) is 15.4. The van der Waals surface area contributed by atoms with Crippen molar-refractivity contribution in [3.63, 3.8) is 0 Å². The Morgan fingerprint density at radius 2 is 1.66 bits per heavy atom.